The second-order valence-electron chi connectivity index (χ2n) is 11.0. The van der Waals surface area contributed by atoms with Gasteiger partial charge in [0.2, 0.25) is 5.91 Å². The van der Waals surface area contributed by atoms with E-state index in [4.69, 9.17) is 36.8 Å². The van der Waals surface area contributed by atoms with Crippen LogP contribution in [0.25, 0.3) is 17.0 Å². The number of carbonyl (C=O) groups is 2. The van der Waals surface area contributed by atoms with Crippen LogP contribution < -0.4 is 20.7 Å². The van der Waals surface area contributed by atoms with Crippen molar-refractivity contribution in [1.82, 2.24) is 20.2 Å². The number of ketones is 1. The molecule has 4 rings (SSSR count). The number of methoxy groups -OCH3 is 1. The summed E-state index contributed by atoms with van der Waals surface area (Å²) in [5.74, 6) is 1.39. The first-order chi connectivity index (χ1) is 20.0. The lowest BCUT2D eigenvalue weighted by Crippen LogP contribution is -2.57. The number of halogens is 1. The molecule has 4 N–H and O–H groups in total. The van der Waals surface area contributed by atoms with E-state index in [2.05, 4.69) is 10.2 Å². The monoisotopic (exact) mass is 600 g/mol. The molecule has 1 amide bonds. The standard InChI is InChI=1S/C30H41ClN6O5/c1-17-27(26(18(2)32)19(3)38)34-28(24-12-22(6-7-25(24)31)42-16-21(39)13-33-4)35-29(17)36-10-8-20(9-11-36)30(40)37-14-23(15-37)41-5/h6-7,12,20-21,23,33,39H,8-11,13-16,32H2,1-5H3/t21-/m1/s1. The second kappa shape index (κ2) is 13.8. The minimum Gasteiger partial charge on any atom is -0.491 e. The summed E-state index contributed by atoms with van der Waals surface area (Å²) in [5.41, 5.74) is 8.55. The number of likely N-dealkylation sites (tertiary alicyclic amines) is 1. The molecular weight excluding hydrogens is 560 g/mol. The molecule has 0 bridgehead atoms. The Kier molecular flexibility index (Phi) is 10.4. The van der Waals surface area contributed by atoms with Crippen molar-refractivity contribution in [3.05, 3.63) is 40.2 Å². The Labute approximate surface area is 252 Å². The minimum atomic E-state index is -0.684. The Morgan fingerprint density at radius 3 is 2.50 bits per heavy atom. The first-order valence-corrected chi connectivity index (χ1v) is 14.6. The van der Waals surface area contributed by atoms with Gasteiger partial charge in [0.05, 0.1) is 22.4 Å². The number of amides is 1. The molecule has 1 aromatic heterocycles. The Hall–Kier alpha value is -3.25. The molecule has 0 saturated carbocycles. The van der Waals surface area contributed by atoms with Gasteiger partial charge >= 0.3 is 0 Å². The molecule has 0 unspecified atom stereocenters. The van der Waals surface area contributed by atoms with Crippen LogP contribution in [-0.4, -0.2) is 97.4 Å². The topological polar surface area (TPSA) is 143 Å². The molecule has 11 nitrogen and oxygen atoms in total. The van der Waals surface area contributed by atoms with Gasteiger partial charge in [-0.3, -0.25) is 9.59 Å². The number of hydrogen-bond donors (Lipinski definition) is 3. The lowest BCUT2D eigenvalue weighted by atomic mass is 9.93. The predicted octanol–water partition coefficient (Wildman–Crippen LogP) is 2.42. The molecular formula is C30H41ClN6O5. The van der Waals surface area contributed by atoms with Gasteiger partial charge in [0.15, 0.2) is 11.6 Å². The van der Waals surface area contributed by atoms with Crippen LogP contribution in [0.3, 0.4) is 0 Å². The van der Waals surface area contributed by atoms with E-state index in [9.17, 15) is 14.7 Å². The number of anilines is 1. The van der Waals surface area contributed by atoms with Gasteiger partial charge in [-0.25, -0.2) is 9.97 Å². The number of aliphatic hydroxyl groups is 1. The number of ether oxygens (including phenoxy) is 2. The number of allylic oxidation sites excluding steroid dienone is 2. The van der Waals surface area contributed by atoms with Gasteiger partial charge in [-0.15, -0.1) is 0 Å². The highest BCUT2D eigenvalue weighted by Crippen LogP contribution is 2.36. The molecule has 0 aliphatic carbocycles. The van der Waals surface area contributed by atoms with Crippen molar-refractivity contribution in [3.8, 4) is 17.1 Å². The van der Waals surface area contributed by atoms with E-state index in [0.29, 0.717) is 90.5 Å². The van der Waals surface area contributed by atoms with Crippen LogP contribution in [0.5, 0.6) is 5.75 Å². The number of nitrogens with two attached hydrogens (primary N) is 1. The van der Waals surface area contributed by atoms with Gasteiger partial charge in [0, 0.05) is 62.6 Å². The van der Waals surface area contributed by atoms with Gasteiger partial charge in [0.1, 0.15) is 24.3 Å². The van der Waals surface area contributed by atoms with Crippen LogP contribution in [0.4, 0.5) is 5.82 Å². The molecule has 12 heteroatoms. The van der Waals surface area contributed by atoms with Crippen molar-refractivity contribution in [2.24, 2.45) is 11.7 Å². The maximum Gasteiger partial charge on any atom is 0.225 e. The Bertz CT molecular complexity index is 1330. The van der Waals surface area contributed by atoms with E-state index < -0.39 is 6.10 Å². The fourth-order valence-corrected chi connectivity index (χ4v) is 5.63. The molecule has 2 aliphatic rings. The fraction of sp³-hybridized carbons (Fsp3) is 0.533. The number of benzene rings is 1. The van der Waals surface area contributed by atoms with Crippen molar-refractivity contribution in [1.29, 1.82) is 0 Å². The van der Waals surface area contributed by atoms with Crippen molar-refractivity contribution in [3.63, 3.8) is 0 Å². The van der Waals surface area contributed by atoms with Crippen molar-refractivity contribution >= 4 is 34.7 Å². The summed E-state index contributed by atoms with van der Waals surface area (Å²) in [5, 5.41) is 13.4. The molecule has 2 aromatic rings. The summed E-state index contributed by atoms with van der Waals surface area (Å²) in [7, 11) is 3.42. The van der Waals surface area contributed by atoms with Crippen LogP contribution in [-0.2, 0) is 14.3 Å². The molecule has 1 atom stereocenters. The van der Waals surface area contributed by atoms with Crippen LogP contribution in [0.15, 0.2) is 23.9 Å². The highest BCUT2D eigenvalue weighted by Gasteiger charge is 2.36. The summed E-state index contributed by atoms with van der Waals surface area (Å²) < 4.78 is 11.1. The third-order valence-corrected chi connectivity index (χ3v) is 8.13. The minimum absolute atomic E-state index is 0.0550. The zero-order chi connectivity index (χ0) is 30.6. The number of likely N-dealkylation sites (N-methyl/N-ethyl adjacent to an activating group) is 1. The maximum atomic E-state index is 13.0. The first kappa shape index (κ1) is 31.7. The zero-order valence-corrected chi connectivity index (χ0v) is 25.7. The predicted molar refractivity (Wildman–Crippen MR) is 162 cm³/mol. The van der Waals surface area contributed by atoms with Crippen molar-refractivity contribution in [2.45, 2.75) is 45.8 Å². The molecule has 0 spiro atoms. The maximum absolute atomic E-state index is 13.0. The smallest absolute Gasteiger partial charge is 0.225 e. The first-order valence-electron chi connectivity index (χ1n) is 14.2. The summed E-state index contributed by atoms with van der Waals surface area (Å²) in [6.45, 7) is 8.03. The van der Waals surface area contributed by atoms with Gasteiger partial charge in [0.25, 0.3) is 0 Å². The Morgan fingerprint density at radius 2 is 1.90 bits per heavy atom. The van der Waals surface area contributed by atoms with E-state index >= 15 is 0 Å². The van der Waals surface area contributed by atoms with Gasteiger partial charge < -0.3 is 35.4 Å². The quantitative estimate of drug-likeness (QED) is 0.329. The number of nitrogens with one attached hydrogen (secondary N) is 1. The molecule has 42 heavy (non-hydrogen) atoms. The summed E-state index contributed by atoms with van der Waals surface area (Å²) in [6.07, 6.45) is 0.811. The number of Topliss-reactive ketones (excluding diaryl/α,β-unsaturated/α-hetero) is 1. The van der Waals surface area contributed by atoms with Gasteiger partial charge in [-0.1, -0.05) is 11.6 Å². The van der Waals surface area contributed by atoms with Gasteiger partial charge in [-0.2, -0.15) is 0 Å². The fourth-order valence-electron chi connectivity index (χ4n) is 5.42. The number of hydrogen-bond acceptors (Lipinski definition) is 10. The van der Waals surface area contributed by atoms with E-state index in [0.717, 1.165) is 5.56 Å². The molecule has 2 saturated heterocycles. The molecule has 0 radical (unpaired) electrons. The number of carbonyl (C=O) groups excluding carboxylic acids is 2. The van der Waals surface area contributed by atoms with Gasteiger partial charge in [-0.05, 0) is 58.9 Å². The number of rotatable bonds is 11. The average molecular weight is 601 g/mol. The average Bonchev–Trinajstić information content (AvgIpc) is 2.93. The van der Waals surface area contributed by atoms with E-state index in [-0.39, 0.29) is 30.3 Å². The number of aromatic nitrogens is 2. The third-order valence-electron chi connectivity index (χ3n) is 7.80. The third kappa shape index (κ3) is 7.03. The van der Waals surface area contributed by atoms with Crippen LogP contribution in [0, 0.1) is 12.8 Å². The molecule has 228 valence electrons. The summed E-state index contributed by atoms with van der Waals surface area (Å²) in [6, 6.07) is 5.13. The highest BCUT2D eigenvalue weighted by molar-refractivity contribution is 6.33. The van der Waals surface area contributed by atoms with E-state index in [1.165, 1.54) is 6.92 Å². The summed E-state index contributed by atoms with van der Waals surface area (Å²) >= 11 is 6.64. The normalized spacial score (nSPS) is 17.5. The number of nitrogens with zero attached hydrogens (tertiary/aromatic N) is 4. The van der Waals surface area contributed by atoms with Crippen molar-refractivity contribution in [2.75, 3.05) is 58.4 Å². The number of aliphatic hydroxyl groups excluding tert-OH is 1. The molecule has 1 aromatic carbocycles. The molecule has 3 heterocycles. The van der Waals surface area contributed by atoms with Crippen LogP contribution in [0.1, 0.15) is 37.9 Å². The van der Waals surface area contributed by atoms with Crippen LogP contribution >= 0.6 is 11.6 Å². The lowest BCUT2D eigenvalue weighted by Gasteiger charge is -2.42. The Balaban J connectivity index is 1.66. The lowest BCUT2D eigenvalue weighted by molar-refractivity contribution is -0.148. The largest absolute Gasteiger partial charge is 0.491 e. The second-order valence-corrected chi connectivity index (χ2v) is 11.4. The highest BCUT2D eigenvalue weighted by atomic mass is 35.5. The molecule has 2 aliphatic heterocycles. The zero-order valence-electron chi connectivity index (χ0n) is 24.9. The van der Waals surface area contributed by atoms with Crippen LogP contribution in [0.2, 0.25) is 5.02 Å². The molecule has 2 fully saturated rings. The number of piperidine rings is 1. The SMILES string of the molecule is CNC[C@@H](O)COc1ccc(Cl)c(-c2nc(C(C(C)=O)=C(C)N)c(C)c(N3CCC(C(=O)N4CC(OC)C4)CC3)n2)c1. The van der Waals surface area contributed by atoms with Crippen molar-refractivity contribution < 1.29 is 24.2 Å². The summed E-state index contributed by atoms with van der Waals surface area (Å²) in [4.78, 5) is 39.5. The van der Waals surface area contributed by atoms with E-state index in [1.807, 2.05) is 11.8 Å². The Morgan fingerprint density at radius 1 is 1.21 bits per heavy atom. The van der Waals surface area contributed by atoms with E-state index in [1.54, 1.807) is 39.3 Å².